The smallest absolute Gasteiger partial charge is 0.259 e. The van der Waals surface area contributed by atoms with Gasteiger partial charge in [0.1, 0.15) is 17.7 Å². The minimum Gasteiger partial charge on any atom is -0.368 e. The second-order valence-corrected chi connectivity index (χ2v) is 10.3. The number of thioether (sulfide) groups is 1. The number of amidine groups is 2. The molecule has 0 N–H and O–H groups in total. The van der Waals surface area contributed by atoms with Crippen LogP contribution < -0.4 is 4.90 Å². The number of nitrogens with zero attached hydrogens (tertiary/aromatic N) is 5. The third kappa shape index (κ3) is 4.82. The van der Waals surface area contributed by atoms with Crippen LogP contribution in [0.1, 0.15) is 25.8 Å². The largest absolute Gasteiger partial charge is 0.368 e. The monoisotopic (exact) mass is 493 g/mol. The van der Waals surface area contributed by atoms with Crippen LogP contribution in [-0.2, 0) is 9.59 Å². The highest BCUT2D eigenvalue weighted by Gasteiger charge is 2.41. The number of benzene rings is 2. The molecule has 0 spiro atoms. The van der Waals surface area contributed by atoms with Crippen molar-refractivity contribution in [3.05, 3.63) is 59.9 Å². The summed E-state index contributed by atoms with van der Waals surface area (Å²) in [6.07, 6.45) is 0.677. The highest BCUT2D eigenvalue weighted by molar-refractivity contribution is 8.14. The van der Waals surface area contributed by atoms with Gasteiger partial charge in [-0.3, -0.25) is 14.6 Å². The number of aliphatic imine (C=N–C) groups is 2. The van der Waals surface area contributed by atoms with E-state index in [1.165, 1.54) is 23.9 Å². The molecule has 3 aliphatic rings. The van der Waals surface area contributed by atoms with Crippen molar-refractivity contribution in [2.24, 2.45) is 15.9 Å². The average molecular weight is 494 g/mol. The van der Waals surface area contributed by atoms with Crippen LogP contribution in [0.5, 0.6) is 0 Å². The first-order chi connectivity index (χ1) is 16.9. The molecule has 3 aliphatic heterocycles. The van der Waals surface area contributed by atoms with Crippen molar-refractivity contribution in [1.82, 2.24) is 9.80 Å². The number of hydrogen-bond donors (Lipinski definition) is 0. The van der Waals surface area contributed by atoms with Crippen LogP contribution in [0.15, 0.2) is 58.5 Å². The van der Waals surface area contributed by atoms with Gasteiger partial charge in [-0.1, -0.05) is 37.7 Å². The van der Waals surface area contributed by atoms with Crippen molar-refractivity contribution in [2.45, 2.75) is 26.3 Å². The highest BCUT2D eigenvalue weighted by Crippen LogP contribution is 2.34. The molecule has 2 aromatic carbocycles. The molecule has 0 saturated carbocycles. The molecule has 0 aromatic heterocycles. The van der Waals surface area contributed by atoms with E-state index in [9.17, 15) is 14.0 Å². The molecule has 5 rings (SSSR count). The van der Waals surface area contributed by atoms with Crippen molar-refractivity contribution < 1.29 is 14.0 Å². The summed E-state index contributed by atoms with van der Waals surface area (Å²) in [6.45, 7) is 6.73. The summed E-state index contributed by atoms with van der Waals surface area (Å²) < 4.78 is 13.2. The highest BCUT2D eigenvalue weighted by atomic mass is 32.2. The van der Waals surface area contributed by atoms with Crippen LogP contribution in [0.4, 0.5) is 15.8 Å². The summed E-state index contributed by atoms with van der Waals surface area (Å²) in [5, 5.41) is 0.511. The van der Waals surface area contributed by atoms with E-state index >= 15 is 0 Å². The minimum atomic E-state index is -0.419. The zero-order valence-electron chi connectivity index (χ0n) is 19.9. The molecule has 2 aromatic rings. The van der Waals surface area contributed by atoms with E-state index in [0.29, 0.717) is 49.5 Å². The summed E-state index contributed by atoms with van der Waals surface area (Å²) in [4.78, 5) is 41.3. The zero-order chi connectivity index (χ0) is 24.5. The van der Waals surface area contributed by atoms with Crippen LogP contribution in [-0.4, -0.2) is 70.6 Å². The number of rotatable bonds is 5. The molecule has 1 fully saturated rings. The Morgan fingerprint density at radius 2 is 1.80 bits per heavy atom. The Morgan fingerprint density at radius 1 is 1.09 bits per heavy atom. The third-order valence-corrected chi connectivity index (χ3v) is 7.31. The van der Waals surface area contributed by atoms with Gasteiger partial charge < -0.3 is 9.80 Å². The van der Waals surface area contributed by atoms with Crippen molar-refractivity contribution in [1.29, 1.82) is 0 Å². The number of halogens is 1. The van der Waals surface area contributed by atoms with Crippen LogP contribution >= 0.6 is 11.8 Å². The third-order valence-electron chi connectivity index (χ3n) is 6.39. The fourth-order valence-corrected chi connectivity index (χ4v) is 5.49. The van der Waals surface area contributed by atoms with Crippen LogP contribution in [0.3, 0.4) is 0 Å². The molecule has 182 valence electrons. The molecule has 35 heavy (non-hydrogen) atoms. The van der Waals surface area contributed by atoms with E-state index in [1.807, 2.05) is 29.2 Å². The van der Waals surface area contributed by atoms with Crippen LogP contribution in [0.25, 0.3) is 0 Å². The number of para-hydroxylation sites is 1. The lowest BCUT2D eigenvalue weighted by Crippen LogP contribution is -2.49. The van der Waals surface area contributed by atoms with Crippen LogP contribution in [0.2, 0.25) is 0 Å². The Morgan fingerprint density at radius 3 is 2.51 bits per heavy atom. The summed E-state index contributed by atoms with van der Waals surface area (Å²) in [5.74, 6) is 0.855. The van der Waals surface area contributed by atoms with Gasteiger partial charge in [-0.15, -0.1) is 0 Å². The summed E-state index contributed by atoms with van der Waals surface area (Å²) in [5.41, 5.74) is 2.57. The van der Waals surface area contributed by atoms with Crippen molar-refractivity contribution >= 4 is 46.0 Å². The fourth-order valence-electron chi connectivity index (χ4n) is 4.58. The Kier molecular flexibility index (Phi) is 6.60. The predicted octanol–water partition coefficient (Wildman–Crippen LogP) is 3.91. The molecular weight excluding hydrogens is 465 g/mol. The Hall–Kier alpha value is -3.20. The number of hydrogen-bond acceptors (Lipinski definition) is 6. The van der Waals surface area contributed by atoms with E-state index in [2.05, 4.69) is 18.7 Å². The lowest BCUT2D eigenvalue weighted by molar-refractivity contribution is -0.128. The molecule has 0 aliphatic carbocycles. The summed E-state index contributed by atoms with van der Waals surface area (Å²) >= 11 is 1.29. The van der Waals surface area contributed by atoms with Gasteiger partial charge in [-0.25, -0.2) is 14.3 Å². The maximum Gasteiger partial charge on any atom is 0.259 e. The van der Waals surface area contributed by atoms with Crippen LogP contribution in [0, 0.1) is 11.7 Å². The minimum absolute atomic E-state index is 0.0131. The molecular formula is C26H28FN5O2S. The van der Waals surface area contributed by atoms with Gasteiger partial charge >= 0.3 is 0 Å². The van der Waals surface area contributed by atoms with Gasteiger partial charge in [0, 0.05) is 37.4 Å². The Balaban J connectivity index is 1.25. The molecule has 1 saturated heterocycles. The first kappa shape index (κ1) is 23.5. The second kappa shape index (κ2) is 9.81. The maximum atomic E-state index is 13.2. The number of amides is 2. The number of carbonyl (C=O) groups excluding carboxylic acids is 2. The van der Waals surface area contributed by atoms with Crippen molar-refractivity contribution in [3.8, 4) is 0 Å². The molecule has 0 bridgehead atoms. The average Bonchev–Trinajstić information content (AvgIpc) is 3.18. The van der Waals surface area contributed by atoms with Gasteiger partial charge in [0.2, 0.25) is 5.91 Å². The lowest BCUT2D eigenvalue weighted by atomic mass is 10.0. The fraction of sp³-hybridized carbons (Fsp3) is 0.385. The van der Waals surface area contributed by atoms with E-state index in [1.54, 1.807) is 17.0 Å². The predicted molar refractivity (Wildman–Crippen MR) is 138 cm³/mol. The van der Waals surface area contributed by atoms with Gasteiger partial charge in [-0.2, -0.15) is 0 Å². The first-order valence-electron chi connectivity index (χ1n) is 11.9. The van der Waals surface area contributed by atoms with E-state index < -0.39 is 6.04 Å². The van der Waals surface area contributed by atoms with Crippen molar-refractivity contribution in [3.63, 3.8) is 0 Å². The van der Waals surface area contributed by atoms with Gasteiger partial charge in [0.05, 0.1) is 11.4 Å². The number of piperazine rings is 1. The van der Waals surface area contributed by atoms with E-state index in [-0.39, 0.29) is 23.4 Å². The SMILES string of the molecule is CC(C)C[C@@H]1N=C2c3ccccc3N=C(SCC(=O)N3CCN(c4ccc(F)cc4)CC3)N2C1=O. The molecule has 3 heterocycles. The lowest BCUT2D eigenvalue weighted by Gasteiger charge is -2.36. The Bertz CT molecular complexity index is 1190. The topological polar surface area (TPSA) is 68.6 Å². The first-order valence-corrected chi connectivity index (χ1v) is 12.9. The molecule has 1 atom stereocenters. The normalized spacial score (nSPS) is 19.5. The molecule has 7 nitrogen and oxygen atoms in total. The number of fused-ring (bicyclic) bond motifs is 3. The number of carbonyl (C=O) groups is 2. The molecule has 9 heteroatoms. The maximum absolute atomic E-state index is 13.2. The molecule has 2 amide bonds. The standard InChI is InChI=1S/C26H28FN5O2S/c1-17(2)15-22-25(34)32-24(28-22)20-5-3-4-6-21(20)29-26(32)35-16-23(33)31-13-11-30(12-14-31)19-9-7-18(27)8-10-19/h3-10,17,22H,11-16H2,1-2H3/t22-/m0/s1. The van der Waals surface area contributed by atoms with Gasteiger partial charge in [-0.05, 0) is 48.7 Å². The second-order valence-electron chi connectivity index (χ2n) is 9.32. The van der Waals surface area contributed by atoms with Gasteiger partial charge in [0.15, 0.2) is 5.17 Å². The van der Waals surface area contributed by atoms with E-state index in [4.69, 9.17) is 9.98 Å². The zero-order valence-corrected chi connectivity index (χ0v) is 20.7. The van der Waals surface area contributed by atoms with Crippen molar-refractivity contribution in [2.75, 3.05) is 36.8 Å². The molecule has 0 radical (unpaired) electrons. The number of anilines is 1. The summed E-state index contributed by atoms with van der Waals surface area (Å²) in [7, 11) is 0. The van der Waals surface area contributed by atoms with E-state index in [0.717, 1.165) is 16.9 Å². The quantitative estimate of drug-likeness (QED) is 0.633. The summed E-state index contributed by atoms with van der Waals surface area (Å²) in [6, 6.07) is 13.7. The molecule has 0 unspecified atom stereocenters. The Labute approximate surface area is 208 Å². The van der Waals surface area contributed by atoms with Gasteiger partial charge in [0.25, 0.3) is 5.91 Å².